The number of nitrogens with one attached hydrogen (secondary N) is 3. The maximum absolute atomic E-state index is 6.14. The van der Waals surface area contributed by atoms with Gasteiger partial charge in [-0.25, -0.2) is 0 Å². The lowest BCUT2D eigenvalue weighted by atomic mass is 10.2. The molecule has 5 aromatic rings. The standard InChI is InChI=1S/C29H27Cl2N9/c1-39-14-16-40(17-15-39)29-37-27(34-22-5-2-19(30)3-6-22)36-28(38-29)35-23-9-7-21(8-10-23)33-25-12-13-32-26-18-20(31)4-11-24(25)26/h2-13,18H,14-17H2,1H3,(H,32,33)(H2,34,35,36,37,38). The number of anilines is 7. The van der Waals surface area contributed by atoms with Gasteiger partial charge in [-0.15, -0.1) is 0 Å². The highest BCUT2D eigenvalue weighted by Gasteiger charge is 2.19. The predicted molar refractivity (Wildman–Crippen MR) is 164 cm³/mol. The number of fused-ring (bicyclic) bond motifs is 1. The zero-order valence-electron chi connectivity index (χ0n) is 21.8. The highest BCUT2D eigenvalue weighted by molar-refractivity contribution is 6.31. The first-order valence-corrected chi connectivity index (χ1v) is 13.6. The number of nitrogens with zero attached hydrogens (tertiary/aromatic N) is 6. The van der Waals surface area contributed by atoms with Gasteiger partial charge in [0.25, 0.3) is 0 Å². The fraction of sp³-hybridized carbons (Fsp3) is 0.172. The summed E-state index contributed by atoms with van der Waals surface area (Å²) in [6, 6.07) is 23.0. The van der Waals surface area contributed by atoms with Gasteiger partial charge in [0.05, 0.1) is 5.52 Å². The second-order valence-corrected chi connectivity index (χ2v) is 10.4. The van der Waals surface area contributed by atoms with Crippen molar-refractivity contribution in [2.24, 2.45) is 0 Å². The van der Waals surface area contributed by atoms with E-state index < -0.39 is 0 Å². The van der Waals surface area contributed by atoms with E-state index in [2.05, 4.69) is 42.8 Å². The molecule has 0 atom stereocenters. The maximum Gasteiger partial charge on any atom is 0.233 e. The minimum Gasteiger partial charge on any atom is -0.355 e. The molecular formula is C29H27Cl2N9. The summed E-state index contributed by atoms with van der Waals surface area (Å²) in [6.07, 6.45) is 1.77. The first-order valence-electron chi connectivity index (χ1n) is 12.9. The largest absolute Gasteiger partial charge is 0.355 e. The number of benzene rings is 3. The van der Waals surface area contributed by atoms with Crippen LogP contribution in [0.15, 0.2) is 79.0 Å². The maximum atomic E-state index is 6.14. The summed E-state index contributed by atoms with van der Waals surface area (Å²) < 4.78 is 0. The Bertz CT molecular complexity index is 1620. The summed E-state index contributed by atoms with van der Waals surface area (Å²) in [5.41, 5.74) is 4.42. The number of hydrogen-bond donors (Lipinski definition) is 3. The minimum absolute atomic E-state index is 0.455. The molecule has 2 aromatic heterocycles. The molecule has 11 heteroatoms. The minimum atomic E-state index is 0.455. The Hall–Kier alpha value is -4.18. The van der Waals surface area contributed by atoms with Crippen LogP contribution in [-0.2, 0) is 0 Å². The Morgan fingerprint density at radius 2 is 1.23 bits per heavy atom. The Balaban J connectivity index is 1.22. The number of piperazine rings is 1. The van der Waals surface area contributed by atoms with E-state index in [0.717, 1.165) is 59.8 Å². The second kappa shape index (κ2) is 11.5. The molecule has 3 aromatic carbocycles. The van der Waals surface area contributed by atoms with Gasteiger partial charge in [0.1, 0.15) is 0 Å². The number of hydrogen-bond acceptors (Lipinski definition) is 9. The molecule has 6 rings (SSSR count). The second-order valence-electron chi connectivity index (χ2n) is 9.55. The molecule has 1 saturated heterocycles. The SMILES string of the molecule is CN1CCN(c2nc(Nc3ccc(Cl)cc3)nc(Nc3ccc(Nc4ccnc5cc(Cl)ccc45)cc3)n2)CC1. The van der Waals surface area contributed by atoms with Gasteiger partial charge in [-0.3, -0.25) is 4.98 Å². The van der Waals surface area contributed by atoms with E-state index in [-0.39, 0.29) is 0 Å². The van der Waals surface area contributed by atoms with Gasteiger partial charge < -0.3 is 25.8 Å². The van der Waals surface area contributed by atoms with Crippen molar-refractivity contribution in [1.82, 2.24) is 24.8 Å². The molecule has 0 amide bonds. The summed E-state index contributed by atoms with van der Waals surface area (Å²) in [5, 5.41) is 12.4. The van der Waals surface area contributed by atoms with Gasteiger partial charge in [0.2, 0.25) is 17.8 Å². The smallest absolute Gasteiger partial charge is 0.233 e. The molecule has 9 nitrogen and oxygen atoms in total. The van der Waals surface area contributed by atoms with Crippen LogP contribution in [0.5, 0.6) is 0 Å². The van der Waals surface area contributed by atoms with E-state index in [4.69, 9.17) is 33.2 Å². The lowest BCUT2D eigenvalue weighted by Gasteiger charge is -2.32. The molecule has 3 heterocycles. The summed E-state index contributed by atoms with van der Waals surface area (Å²) in [7, 11) is 2.12. The molecule has 202 valence electrons. The van der Waals surface area contributed by atoms with E-state index in [1.54, 1.807) is 6.20 Å². The Labute approximate surface area is 242 Å². The average molecular weight is 573 g/mol. The Morgan fingerprint density at radius 1 is 0.650 bits per heavy atom. The van der Waals surface area contributed by atoms with Crippen LogP contribution in [0.3, 0.4) is 0 Å². The summed E-state index contributed by atoms with van der Waals surface area (Å²) >= 11 is 12.2. The molecule has 0 bridgehead atoms. The van der Waals surface area contributed by atoms with Gasteiger partial charge in [0, 0.05) is 70.6 Å². The van der Waals surface area contributed by atoms with Crippen molar-refractivity contribution in [3.8, 4) is 0 Å². The number of pyridine rings is 1. The van der Waals surface area contributed by atoms with Gasteiger partial charge >= 0.3 is 0 Å². The number of rotatable bonds is 7. The van der Waals surface area contributed by atoms with Gasteiger partial charge in [-0.05, 0) is 79.8 Å². The van der Waals surface area contributed by atoms with Crippen LogP contribution in [-0.4, -0.2) is 58.1 Å². The van der Waals surface area contributed by atoms with Crippen LogP contribution < -0.4 is 20.9 Å². The van der Waals surface area contributed by atoms with E-state index in [0.29, 0.717) is 27.9 Å². The zero-order chi connectivity index (χ0) is 27.5. The van der Waals surface area contributed by atoms with Crippen molar-refractivity contribution >= 4 is 74.7 Å². The van der Waals surface area contributed by atoms with E-state index in [9.17, 15) is 0 Å². The predicted octanol–water partition coefficient (Wildman–Crippen LogP) is 6.71. The molecule has 0 unspecified atom stereocenters. The van der Waals surface area contributed by atoms with Crippen molar-refractivity contribution in [3.63, 3.8) is 0 Å². The first kappa shape index (κ1) is 26.1. The van der Waals surface area contributed by atoms with Crippen LogP contribution in [0.2, 0.25) is 10.0 Å². The van der Waals surface area contributed by atoms with Gasteiger partial charge in [-0.2, -0.15) is 15.0 Å². The normalized spacial score (nSPS) is 13.8. The highest BCUT2D eigenvalue weighted by atomic mass is 35.5. The third-order valence-corrected chi connectivity index (χ3v) is 7.12. The molecule has 1 aliphatic heterocycles. The molecule has 0 saturated carbocycles. The van der Waals surface area contributed by atoms with Crippen LogP contribution in [0, 0.1) is 0 Å². The molecule has 0 radical (unpaired) electrons. The molecule has 0 aliphatic carbocycles. The van der Waals surface area contributed by atoms with E-state index in [1.807, 2.05) is 72.8 Å². The van der Waals surface area contributed by atoms with Crippen molar-refractivity contribution in [2.75, 3.05) is 54.1 Å². The van der Waals surface area contributed by atoms with Crippen LogP contribution in [0.4, 0.5) is 40.6 Å². The van der Waals surface area contributed by atoms with Crippen molar-refractivity contribution in [1.29, 1.82) is 0 Å². The molecule has 3 N–H and O–H groups in total. The summed E-state index contributed by atoms with van der Waals surface area (Å²) in [4.78, 5) is 23.0. The van der Waals surface area contributed by atoms with E-state index >= 15 is 0 Å². The van der Waals surface area contributed by atoms with E-state index in [1.165, 1.54) is 0 Å². The molecule has 1 aliphatic rings. The molecule has 1 fully saturated rings. The van der Waals surface area contributed by atoms with Crippen molar-refractivity contribution in [2.45, 2.75) is 0 Å². The third kappa shape index (κ3) is 6.17. The number of halogens is 2. The highest BCUT2D eigenvalue weighted by Crippen LogP contribution is 2.28. The number of aromatic nitrogens is 4. The summed E-state index contributed by atoms with van der Waals surface area (Å²) in [6.45, 7) is 3.58. The van der Waals surface area contributed by atoms with Crippen molar-refractivity contribution in [3.05, 3.63) is 89.0 Å². The lowest BCUT2D eigenvalue weighted by molar-refractivity contribution is 0.311. The fourth-order valence-corrected chi connectivity index (χ4v) is 4.73. The van der Waals surface area contributed by atoms with Crippen LogP contribution in [0.25, 0.3) is 10.9 Å². The first-order chi connectivity index (χ1) is 19.5. The van der Waals surface area contributed by atoms with Crippen LogP contribution in [0.1, 0.15) is 0 Å². The average Bonchev–Trinajstić information content (AvgIpc) is 2.95. The lowest BCUT2D eigenvalue weighted by Crippen LogP contribution is -2.45. The fourth-order valence-electron chi connectivity index (χ4n) is 4.44. The van der Waals surface area contributed by atoms with Gasteiger partial charge in [0.15, 0.2) is 0 Å². The Kier molecular flexibility index (Phi) is 7.50. The quantitative estimate of drug-likeness (QED) is 0.197. The zero-order valence-corrected chi connectivity index (χ0v) is 23.3. The van der Waals surface area contributed by atoms with Gasteiger partial charge in [-0.1, -0.05) is 23.2 Å². The third-order valence-electron chi connectivity index (χ3n) is 6.63. The van der Waals surface area contributed by atoms with Crippen molar-refractivity contribution < 1.29 is 0 Å². The van der Waals surface area contributed by atoms with Crippen LogP contribution >= 0.6 is 23.2 Å². The number of likely N-dealkylation sites (N-methyl/N-ethyl adjacent to an activating group) is 1. The summed E-state index contributed by atoms with van der Waals surface area (Å²) in [5.74, 6) is 1.54. The monoisotopic (exact) mass is 571 g/mol. The Morgan fingerprint density at radius 3 is 1.88 bits per heavy atom. The molecule has 40 heavy (non-hydrogen) atoms. The molecular weight excluding hydrogens is 545 g/mol. The topological polar surface area (TPSA) is 94.1 Å². The molecule has 0 spiro atoms.